The van der Waals surface area contributed by atoms with Crippen LogP contribution in [-0.4, -0.2) is 25.8 Å². The molecule has 0 bridgehead atoms. The molecular formula is C11H11N3O2. The Balaban J connectivity index is 2.60. The topological polar surface area (TPSA) is 68.0 Å². The molecule has 5 heteroatoms. The Morgan fingerprint density at radius 2 is 2.19 bits per heavy atom. The smallest absolute Gasteiger partial charge is 0.336 e. The molecule has 0 unspecified atom stereocenters. The summed E-state index contributed by atoms with van der Waals surface area (Å²) in [6, 6.07) is 6.78. The van der Waals surface area contributed by atoms with Gasteiger partial charge in [0.15, 0.2) is 5.82 Å². The van der Waals surface area contributed by atoms with Crippen LogP contribution in [0.4, 0.5) is 0 Å². The highest BCUT2D eigenvalue weighted by Gasteiger charge is 2.14. The minimum Gasteiger partial charge on any atom is -0.478 e. The van der Waals surface area contributed by atoms with E-state index in [-0.39, 0.29) is 5.56 Å². The summed E-state index contributed by atoms with van der Waals surface area (Å²) in [5.41, 5.74) is 0.833. The summed E-state index contributed by atoms with van der Waals surface area (Å²) in [7, 11) is 0. The Hall–Kier alpha value is -2.17. The fourth-order valence-corrected chi connectivity index (χ4v) is 1.57. The van der Waals surface area contributed by atoms with Gasteiger partial charge in [-0.15, -0.1) is 0 Å². The van der Waals surface area contributed by atoms with E-state index in [0.717, 1.165) is 0 Å². The minimum atomic E-state index is -0.957. The second-order valence-corrected chi connectivity index (χ2v) is 3.25. The average molecular weight is 217 g/mol. The van der Waals surface area contributed by atoms with Crippen LogP contribution in [0.5, 0.6) is 0 Å². The van der Waals surface area contributed by atoms with Gasteiger partial charge in [0.25, 0.3) is 0 Å². The molecule has 1 aromatic heterocycles. The molecule has 1 heterocycles. The summed E-state index contributed by atoms with van der Waals surface area (Å²) in [4.78, 5) is 15.1. The first-order valence-corrected chi connectivity index (χ1v) is 4.94. The van der Waals surface area contributed by atoms with Crippen LogP contribution in [0.3, 0.4) is 0 Å². The largest absolute Gasteiger partial charge is 0.478 e. The van der Waals surface area contributed by atoms with Crippen LogP contribution in [0, 0.1) is 0 Å². The molecule has 0 amide bonds. The van der Waals surface area contributed by atoms with Crippen molar-refractivity contribution in [2.75, 3.05) is 0 Å². The Bertz CT molecular complexity index is 519. The minimum absolute atomic E-state index is 0.241. The van der Waals surface area contributed by atoms with Crippen molar-refractivity contribution in [3.8, 4) is 11.4 Å². The van der Waals surface area contributed by atoms with Crippen molar-refractivity contribution in [3.63, 3.8) is 0 Å². The van der Waals surface area contributed by atoms with Gasteiger partial charge < -0.3 is 5.11 Å². The molecule has 0 atom stereocenters. The number of hydrogen-bond acceptors (Lipinski definition) is 3. The average Bonchev–Trinajstić information content (AvgIpc) is 2.76. The fraction of sp³-hybridized carbons (Fsp3) is 0.182. The first kappa shape index (κ1) is 10.4. The van der Waals surface area contributed by atoms with Gasteiger partial charge in [-0.1, -0.05) is 18.2 Å². The van der Waals surface area contributed by atoms with Crippen LogP contribution in [-0.2, 0) is 6.54 Å². The van der Waals surface area contributed by atoms with Crippen molar-refractivity contribution in [2.24, 2.45) is 0 Å². The third kappa shape index (κ3) is 1.67. The number of carboxylic acid groups (broad SMARTS) is 1. The Morgan fingerprint density at radius 3 is 2.88 bits per heavy atom. The van der Waals surface area contributed by atoms with E-state index in [2.05, 4.69) is 10.1 Å². The lowest BCUT2D eigenvalue weighted by atomic mass is 10.1. The van der Waals surface area contributed by atoms with Crippen molar-refractivity contribution < 1.29 is 9.90 Å². The number of nitrogens with zero attached hydrogens (tertiary/aromatic N) is 3. The van der Waals surface area contributed by atoms with E-state index in [4.69, 9.17) is 5.11 Å². The summed E-state index contributed by atoms with van der Waals surface area (Å²) < 4.78 is 1.67. The summed E-state index contributed by atoms with van der Waals surface area (Å²) in [5.74, 6) is -0.373. The number of carbonyl (C=O) groups is 1. The van der Waals surface area contributed by atoms with E-state index in [1.807, 2.05) is 6.92 Å². The van der Waals surface area contributed by atoms with Gasteiger partial charge in [0.1, 0.15) is 6.33 Å². The molecule has 0 aliphatic carbocycles. The van der Waals surface area contributed by atoms with Crippen molar-refractivity contribution in [2.45, 2.75) is 13.5 Å². The molecule has 0 saturated carbocycles. The van der Waals surface area contributed by atoms with Crippen LogP contribution in [0.1, 0.15) is 17.3 Å². The summed E-state index contributed by atoms with van der Waals surface area (Å²) >= 11 is 0. The zero-order chi connectivity index (χ0) is 11.5. The van der Waals surface area contributed by atoms with Crippen molar-refractivity contribution in [1.82, 2.24) is 14.8 Å². The van der Waals surface area contributed by atoms with E-state index in [1.165, 1.54) is 6.33 Å². The lowest BCUT2D eigenvalue weighted by molar-refractivity contribution is 0.0697. The van der Waals surface area contributed by atoms with E-state index in [0.29, 0.717) is 17.9 Å². The molecular weight excluding hydrogens is 206 g/mol. The maximum absolute atomic E-state index is 11.1. The first-order valence-electron chi connectivity index (χ1n) is 4.94. The van der Waals surface area contributed by atoms with E-state index in [1.54, 1.807) is 28.9 Å². The Labute approximate surface area is 92.4 Å². The van der Waals surface area contributed by atoms with E-state index < -0.39 is 5.97 Å². The van der Waals surface area contributed by atoms with Gasteiger partial charge in [-0.3, -0.25) is 0 Å². The molecule has 0 aliphatic heterocycles. The fourth-order valence-electron chi connectivity index (χ4n) is 1.57. The third-order valence-corrected chi connectivity index (χ3v) is 2.31. The Kier molecular flexibility index (Phi) is 2.68. The highest BCUT2D eigenvalue weighted by molar-refractivity contribution is 5.94. The molecule has 0 aliphatic rings. The monoisotopic (exact) mass is 217 g/mol. The number of aryl methyl sites for hydroxylation is 1. The summed E-state index contributed by atoms with van der Waals surface area (Å²) in [6.07, 6.45) is 1.43. The van der Waals surface area contributed by atoms with Gasteiger partial charge in [0.2, 0.25) is 0 Å². The molecule has 1 N–H and O–H groups in total. The molecule has 0 spiro atoms. The lowest BCUT2D eigenvalue weighted by Crippen LogP contribution is -2.04. The second-order valence-electron chi connectivity index (χ2n) is 3.25. The molecule has 0 fully saturated rings. The summed E-state index contributed by atoms with van der Waals surface area (Å²) in [6.45, 7) is 2.59. The van der Waals surface area contributed by atoms with Crippen molar-refractivity contribution in [1.29, 1.82) is 0 Å². The standard InChI is InChI=1S/C11H11N3O2/c1-2-14-10(12-7-13-14)8-5-3-4-6-9(8)11(15)16/h3-7H,2H2,1H3,(H,15,16). The van der Waals surface area contributed by atoms with E-state index >= 15 is 0 Å². The van der Waals surface area contributed by atoms with Crippen LogP contribution >= 0.6 is 0 Å². The molecule has 5 nitrogen and oxygen atoms in total. The van der Waals surface area contributed by atoms with Crippen LogP contribution < -0.4 is 0 Å². The first-order chi connectivity index (χ1) is 7.74. The quantitative estimate of drug-likeness (QED) is 0.849. The molecule has 2 aromatic rings. The van der Waals surface area contributed by atoms with Crippen molar-refractivity contribution in [3.05, 3.63) is 36.2 Å². The predicted molar refractivity (Wildman–Crippen MR) is 58.1 cm³/mol. The SMILES string of the molecule is CCn1ncnc1-c1ccccc1C(=O)O. The molecule has 1 aromatic carbocycles. The molecule has 0 saturated heterocycles. The highest BCUT2D eigenvalue weighted by atomic mass is 16.4. The van der Waals surface area contributed by atoms with Gasteiger partial charge >= 0.3 is 5.97 Å². The summed E-state index contributed by atoms with van der Waals surface area (Å²) in [5, 5.41) is 13.1. The number of hydrogen-bond donors (Lipinski definition) is 1. The predicted octanol–water partition coefficient (Wildman–Crippen LogP) is 1.66. The van der Waals surface area contributed by atoms with Crippen LogP contribution in [0.15, 0.2) is 30.6 Å². The maximum Gasteiger partial charge on any atom is 0.336 e. The number of rotatable bonds is 3. The number of carboxylic acids is 1. The van der Waals surface area contributed by atoms with Gasteiger partial charge in [-0.05, 0) is 13.0 Å². The number of aromatic carboxylic acids is 1. The highest BCUT2D eigenvalue weighted by Crippen LogP contribution is 2.21. The van der Waals surface area contributed by atoms with E-state index in [9.17, 15) is 4.79 Å². The zero-order valence-corrected chi connectivity index (χ0v) is 8.79. The molecule has 2 rings (SSSR count). The van der Waals surface area contributed by atoms with Crippen LogP contribution in [0.25, 0.3) is 11.4 Å². The Morgan fingerprint density at radius 1 is 1.44 bits per heavy atom. The lowest BCUT2D eigenvalue weighted by Gasteiger charge is -2.05. The second kappa shape index (κ2) is 4.14. The van der Waals surface area contributed by atoms with Gasteiger partial charge in [0, 0.05) is 12.1 Å². The van der Waals surface area contributed by atoms with Gasteiger partial charge in [-0.25, -0.2) is 14.5 Å². The number of benzene rings is 1. The zero-order valence-electron chi connectivity index (χ0n) is 8.79. The maximum atomic E-state index is 11.1. The van der Waals surface area contributed by atoms with Crippen LogP contribution in [0.2, 0.25) is 0 Å². The number of aromatic nitrogens is 3. The van der Waals surface area contributed by atoms with Crippen molar-refractivity contribution >= 4 is 5.97 Å². The molecule has 82 valence electrons. The molecule has 0 radical (unpaired) electrons. The third-order valence-electron chi connectivity index (χ3n) is 2.31. The van der Waals surface area contributed by atoms with Gasteiger partial charge in [-0.2, -0.15) is 5.10 Å². The molecule has 16 heavy (non-hydrogen) atoms. The van der Waals surface area contributed by atoms with Gasteiger partial charge in [0.05, 0.1) is 5.56 Å². The normalized spacial score (nSPS) is 10.3.